The summed E-state index contributed by atoms with van der Waals surface area (Å²) in [6.45, 7) is 10.8. The Bertz CT molecular complexity index is 146. The van der Waals surface area contributed by atoms with Gasteiger partial charge in [0.15, 0.2) is 12.6 Å². The number of hydrogen-bond donors (Lipinski definition) is 0. The summed E-state index contributed by atoms with van der Waals surface area (Å²) >= 11 is 0. The Labute approximate surface area is 118 Å². The van der Waals surface area contributed by atoms with Crippen LogP contribution in [0, 0.1) is 0 Å². The minimum absolute atomic E-state index is 0.0374. The second kappa shape index (κ2) is 14.3. The summed E-state index contributed by atoms with van der Waals surface area (Å²) in [4.78, 5) is 0. The fourth-order valence-electron chi connectivity index (χ4n) is 1.97. The molecule has 4 nitrogen and oxygen atoms in total. The van der Waals surface area contributed by atoms with Crippen molar-refractivity contribution in [3.63, 3.8) is 0 Å². The number of rotatable bonds is 14. The SMILES string of the molecule is CCOC(CCCCCC(OCC)OCC)OCC. The molecule has 0 bridgehead atoms. The molecule has 0 unspecified atom stereocenters. The molecule has 0 aliphatic carbocycles. The zero-order valence-corrected chi connectivity index (χ0v) is 13.2. The van der Waals surface area contributed by atoms with Gasteiger partial charge in [-0.2, -0.15) is 0 Å². The number of unbranched alkanes of at least 4 members (excludes halogenated alkanes) is 2. The van der Waals surface area contributed by atoms with E-state index in [1.165, 1.54) is 0 Å². The van der Waals surface area contributed by atoms with Crippen molar-refractivity contribution in [2.45, 2.75) is 72.4 Å². The van der Waals surface area contributed by atoms with Crippen LogP contribution in [-0.4, -0.2) is 39.0 Å². The maximum Gasteiger partial charge on any atom is 0.157 e. The Balaban J connectivity index is 3.59. The largest absolute Gasteiger partial charge is 0.353 e. The highest BCUT2D eigenvalue weighted by Crippen LogP contribution is 2.12. The molecule has 0 heterocycles. The van der Waals surface area contributed by atoms with Crippen LogP contribution in [0.2, 0.25) is 0 Å². The summed E-state index contributed by atoms with van der Waals surface area (Å²) < 4.78 is 22.1. The van der Waals surface area contributed by atoms with E-state index in [1.54, 1.807) is 0 Å². The molecule has 0 saturated carbocycles. The summed E-state index contributed by atoms with van der Waals surface area (Å²) in [6, 6.07) is 0. The van der Waals surface area contributed by atoms with Crippen molar-refractivity contribution in [3.8, 4) is 0 Å². The first-order valence-corrected chi connectivity index (χ1v) is 7.74. The summed E-state index contributed by atoms with van der Waals surface area (Å²) in [5, 5.41) is 0. The first-order valence-electron chi connectivity index (χ1n) is 7.74. The summed E-state index contributed by atoms with van der Waals surface area (Å²) in [5.74, 6) is 0. The van der Waals surface area contributed by atoms with Crippen molar-refractivity contribution in [1.29, 1.82) is 0 Å². The third-order valence-corrected chi connectivity index (χ3v) is 2.79. The van der Waals surface area contributed by atoms with E-state index in [-0.39, 0.29) is 12.6 Å². The minimum Gasteiger partial charge on any atom is -0.353 e. The van der Waals surface area contributed by atoms with Gasteiger partial charge in [0.25, 0.3) is 0 Å². The van der Waals surface area contributed by atoms with Gasteiger partial charge in [0.05, 0.1) is 0 Å². The van der Waals surface area contributed by atoms with Gasteiger partial charge in [-0.1, -0.05) is 6.42 Å². The molecule has 0 atom stereocenters. The third kappa shape index (κ3) is 11.4. The molecule has 0 amide bonds. The Hall–Kier alpha value is -0.160. The third-order valence-electron chi connectivity index (χ3n) is 2.79. The van der Waals surface area contributed by atoms with E-state index >= 15 is 0 Å². The van der Waals surface area contributed by atoms with Gasteiger partial charge >= 0.3 is 0 Å². The summed E-state index contributed by atoms with van der Waals surface area (Å²) in [5.41, 5.74) is 0. The van der Waals surface area contributed by atoms with Crippen LogP contribution in [0.25, 0.3) is 0 Å². The zero-order chi connectivity index (χ0) is 14.3. The maximum atomic E-state index is 5.52. The molecule has 0 fully saturated rings. The van der Waals surface area contributed by atoms with E-state index in [0.29, 0.717) is 26.4 Å². The predicted molar refractivity (Wildman–Crippen MR) is 77.2 cm³/mol. The molecule has 0 aromatic heterocycles. The molecule has 0 spiro atoms. The van der Waals surface area contributed by atoms with Crippen molar-refractivity contribution in [1.82, 2.24) is 0 Å². The molecule has 19 heavy (non-hydrogen) atoms. The molecular formula is C15H32O4. The first-order chi connectivity index (χ1) is 9.28. The molecular weight excluding hydrogens is 244 g/mol. The molecule has 4 heteroatoms. The second-order valence-corrected chi connectivity index (χ2v) is 4.32. The first kappa shape index (κ1) is 18.8. The van der Waals surface area contributed by atoms with Gasteiger partial charge < -0.3 is 18.9 Å². The average molecular weight is 276 g/mol. The van der Waals surface area contributed by atoms with Crippen LogP contribution < -0.4 is 0 Å². The number of hydrogen-bond acceptors (Lipinski definition) is 4. The molecule has 116 valence electrons. The van der Waals surface area contributed by atoms with Crippen molar-refractivity contribution >= 4 is 0 Å². The van der Waals surface area contributed by atoms with Gasteiger partial charge in [0.2, 0.25) is 0 Å². The monoisotopic (exact) mass is 276 g/mol. The van der Waals surface area contributed by atoms with Crippen molar-refractivity contribution in [2.24, 2.45) is 0 Å². The standard InChI is InChI=1S/C15H32O4/c1-5-16-14(17-6-2)12-10-9-11-13-15(18-7-3)19-8-4/h14-15H,5-13H2,1-4H3. The zero-order valence-electron chi connectivity index (χ0n) is 13.2. The van der Waals surface area contributed by atoms with Gasteiger partial charge in [-0.25, -0.2) is 0 Å². The van der Waals surface area contributed by atoms with Crippen LogP contribution in [0.4, 0.5) is 0 Å². The van der Waals surface area contributed by atoms with Crippen LogP contribution >= 0.6 is 0 Å². The maximum absolute atomic E-state index is 5.52. The fraction of sp³-hybridized carbons (Fsp3) is 1.00. The van der Waals surface area contributed by atoms with Crippen molar-refractivity contribution < 1.29 is 18.9 Å². The molecule has 0 aliphatic heterocycles. The topological polar surface area (TPSA) is 36.9 Å². The highest BCUT2D eigenvalue weighted by molar-refractivity contribution is 4.51. The van der Waals surface area contributed by atoms with Crippen LogP contribution in [-0.2, 0) is 18.9 Å². The molecule has 0 N–H and O–H groups in total. The Morgan fingerprint density at radius 1 is 0.526 bits per heavy atom. The highest BCUT2D eigenvalue weighted by atomic mass is 16.7. The second-order valence-electron chi connectivity index (χ2n) is 4.32. The average Bonchev–Trinajstić information content (AvgIpc) is 2.39. The lowest BCUT2D eigenvalue weighted by Crippen LogP contribution is -2.18. The molecule has 0 aromatic carbocycles. The smallest absolute Gasteiger partial charge is 0.157 e. The van der Waals surface area contributed by atoms with E-state index in [2.05, 4.69) is 0 Å². The van der Waals surface area contributed by atoms with E-state index in [9.17, 15) is 0 Å². The molecule has 0 rings (SSSR count). The van der Waals surface area contributed by atoms with Crippen molar-refractivity contribution in [3.05, 3.63) is 0 Å². The lowest BCUT2D eigenvalue weighted by atomic mass is 10.1. The van der Waals surface area contributed by atoms with Gasteiger partial charge in [0, 0.05) is 26.4 Å². The molecule has 0 aromatic rings. The van der Waals surface area contributed by atoms with E-state index in [1.807, 2.05) is 27.7 Å². The van der Waals surface area contributed by atoms with E-state index < -0.39 is 0 Å². The van der Waals surface area contributed by atoms with Crippen LogP contribution in [0.5, 0.6) is 0 Å². The minimum atomic E-state index is -0.0374. The van der Waals surface area contributed by atoms with Gasteiger partial charge in [-0.15, -0.1) is 0 Å². The predicted octanol–water partition coefficient (Wildman–Crippen LogP) is 3.74. The Morgan fingerprint density at radius 2 is 0.842 bits per heavy atom. The van der Waals surface area contributed by atoms with Gasteiger partial charge in [-0.05, 0) is 53.4 Å². The Kier molecular flexibility index (Phi) is 14.1. The highest BCUT2D eigenvalue weighted by Gasteiger charge is 2.09. The lowest BCUT2D eigenvalue weighted by molar-refractivity contribution is -0.143. The van der Waals surface area contributed by atoms with Crippen LogP contribution in [0.3, 0.4) is 0 Å². The lowest BCUT2D eigenvalue weighted by Gasteiger charge is -2.18. The van der Waals surface area contributed by atoms with Gasteiger partial charge in [0.1, 0.15) is 0 Å². The molecule has 0 saturated heterocycles. The van der Waals surface area contributed by atoms with E-state index in [0.717, 1.165) is 32.1 Å². The van der Waals surface area contributed by atoms with Crippen LogP contribution in [0.1, 0.15) is 59.8 Å². The van der Waals surface area contributed by atoms with Gasteiger partial charge in [-0.3, -0.25) is 0 Å². The normalized spacial score (nSPS) is 11.7. The summed E-state index contributed by atoms with van der Waals surface area (Å²) in [6.07, 6.45) is 5.26. The molecule has 0 radical (unpaired) electrons. The van der Waals surface area contributed by atoms with Crippen LogP contribution in [0.15, 0.2) is 0 Å². The van der Waals surface area contributed by atoms with Crippen molar-refractivity contribution in [2.75, 3.05) is 26.4 Å². The van der Waals surface area contributed by atoms with E-state index in [4.69, 9.17) is 18.9 Å². The quantitative estimate of drug-likeness (QED) is 0.358. The number of ether oxygens (including phenoxy) is 4. The summed E-state index contributed by atoms with van der Waals surface area (Å²) in [7, 11) is 0. The molecule has 0 aliphatic rings. The fourth-order valence-corrected chi connectivity index (χ4v) is 1.97. The Morgan fingerprint density at radius 3 is 1.11 bits per heavy atom.